The van der Waals surface area contributed by atoms with Gasteiger partial charge >= 0.3 is 0 Å². The molecule has 1 fully saturated rings. The van der Waals surface area contributed by atoms with Crippen LogP contribution in [0.15, 0.2) is 54.6 Å². The summed E-state index contributed by atoms with van der Waals surface area (Å²) in [7, 11) is 2.20. The molecule has 0 atom stereocenters. The van der Waals surface area contributed by atoms with E-state index in [0.717, 1.165) is 50.5 Å². The van der Waals surface area contributed by atoms with Gasteiger partial charge in [0.25, 0.3) is 0 Å². The summed E-state index contributed by atoms with van der Waals surface area (Å²) in [5.74, 6) is 0. The molecule has 32 heavy (non-hydrogen) atoms. The van der Waals surface area contributed by atoms with E-state index >= 15 is 0 Å². The average molecular weight is 423 g/mol. The van der Waals surface area contributed by atoms with Crippen LogP contribution < -0.4 is 0 Å². The fourth-order valence-corrected chi connectivity index (χ4v) is 4.27. The summed E-state index contributed by atoms with van der Waals surface area (Å²) in [6.07, 6.45) is 13.8. The van der Waals surface area contributed by atoms with E-state index in [-0.39, 0.29) is 0 Å². The predicted molar refractivity (Wildman–Crippen MR) is 135 cm³/mol. The molecule has 4 nitrogen and oxygen atoms in total. The molecule has 2 aliphatic rings. The molecule has 3 aromatic rings. The Morgan fingerprint density at radius 3 is 2.50 bits per heavy atom. The third kappa shape index (κ3) is 5.16. The first-order valence-corrected chi connectivity index (χ1v) is 11.4. The Balaban J connectivity index is 1.17. The third-order valence-electron chi connectivity index (χ3n) is 6.30. The van der Waals surface area contributed by atoms with Gasteiger partial charge in [0.05, 0.1) is 11.4 Å². The minimum atomic E-state index is 0.936. The van der Waals surface area contributed by atoms with E-state index in [0.29, 0.717) is 0 Å². The van der Waals surface area contributed by atoms with Crippen molar-refractivity contribution in [1.29, 1.82) is 0 Å². The van der Waals surface area contributed by atoms with Gasteiger partial charge in [-0.05, 0) is 59.5 Å². The van der Waals surface area contributed by atoms with E-state index < -0.39 is 0 Å². The van der Waals surface area contributed by atoms with Crippen molar-refractivity contribution in [2.75, 3.05) is 33.2 Å². The molecule has 1 saturated heterocycles. The first-order valence-electron chi connectivity index (χ1n) is 11.4. The second-order valence-electron chi connectivity index (χ2n) is 8.80. The molecule has 0 radical (unpaired) electrons. The molecule has 1 N–H and O–H groups in total. The zero-order valence-electron chi connectivity index (χ0n) is 18.7. The molecular formula is C28H30N4. The number of aromatic amines is 1. The van der Waals surface area contributed by atoms with Gasteiger partial charge < -0.3 is 4.90 Å². The summed E-state index contributed by atoms with van der Waals surface area (Å²) < 4.78 is 0. The third-order valence-corrected chi connectivity index (χ3v) is 6.30. The van der Waals surface area contributed by atoms with Crippen LogP contribution in [0, 0.1) is 0 Å². The number of likely N-dealkylation sites (N-methyl/N-ethyl adjacent to an activating group) is 1. The van der Waals surface area contributed by atoms with E-state index in [1.54, 1.807) is 0 Å². The number of hydrogen-bond donors (Lipinski definition) is 1. The monoisotopic (exact) mass is 422 g/mol. The van der Waals surface area contributed by atoms with Gasteiger partial charge in [0.2, 0.25) is 0 Å². The molecule has 5 rings (SSSR count). The molecule has 4 heteroatoms. The molecule has 2 aromatic carbocycles. The molecule has 162 valence electrons. The summed E-state index contributed by atoms with van der Waals surface area (Å²) in [5, 5.41) is 7.53. The van der Waals surface area contributed by atoms with E-state index in [2.05, 4.69) is 112 Å². The highest BCUT2D eigenvalue weighted by molar-refractivity contribution is 5.73. The van der Waals surface area contributed by atoms with Crippen LogP contribution in [0.5, 0.6) is 0 Å². The van der Waals surface area contributed by atoms with Crippen molar-refractivity contribution in [3.63, 3.8) is 0 Å². The van der Waals surface area contributed by atoms with Crippen LogP contribution in [0.3, 0.4) is 0 Å². The largest absolute Gasteiger partial charge is 0.304 e. The Labute approximate surface area is 190 Å². The van der Waals surface area contributed by atoms with E-state index in [4.69, 9.17) is 0 Å². The van der Waals surface area contributed by atoms with Gasteiger partial charge in [-0.1, -0.05) is 66.8 Å². The second-order valence-corrected chi connectivity index (χ2v) is 8.80. The molecule has 0 bridgehead atoms. The number of piperazine rings is 1. The number of aromatic nitrogens is 2. The lowest BCUT2D eigenvalue weighted by Gasteiger charge is -2.32. The topological polar surface area (TPSA) is 35.2 Å². The van der Waals surface area contributed by atoms with Crippen molar-refractivity contribution in [1.82, 2.24) is 20.0 Å². The van der Waals surface area contributed by atoms with Gasteiger partial charge in [-0.3, -0.25) is 10.00 Å². The Bertz CT molecular complexity index is 1140. The molecule has 0 amide bonds. The first kappa shape index (κ1) is 20.7. The summed E-state index contributed by atoms with van der Waals surface area (Å²) >= 11 is 0. The summed E-state index contributed by atoms with van der Waals surface area (Å²) in [6, 6.07) is 17.6. The molecule has 0 spiro atoms. The van der Waals surface area contributed by atoms with Crippen molar-refractivity contribution in [2.45, 2.75) is 13.0 Å². The fourth-order valence-electron chi connectivity index (χ4n) is 4.27. The lowest BCUT2D eigenvalue weighted by atomic mass is 10.1. The quantitative estimate of drug-likeness (QED) is 0.603. The SMILES string of the molecule is CN1CCN(Cc2ccc(/C=C/c3cc(/C=C/c4ccc5c(c4)CC=C5)n[nH]3)cc2)CC1. The molecule has 1 aliphatic carbocycles. The summed E-state index contributed by atoms with van der Waals surface area (Å²) in [4.78, 5) is 4.93. The lowest BCUT2D eigenvalue weighted by Crippen LogP contribution is -2.43. The number of benzene rings is 2. The van der Waals surface area contributed by atoms with Crippen molar-refractivity contribution < 1.29 is 0 Å². The molecule has 1 aliphatic heterocycles. The smallest absolute Gasteiger partial charge is 0.0854 e. The van der Waals surface area contributed by atoms with Crippen LogP contribution in [0.2, 0.25) is 0 Å². The molecular weight excluding hydrogens is 392 g/mol. The van der Waals surface area contributed by atoms with Crippen LogP contribution in [-0.4, -0.2) is 53.2 Å². The molecule has 2 heterocycles. The highest BCUT2D eigenvalue weighted by Crippen LogP contribution is 2.21. The zero-order chi connectivity index (χ0) is 21.8. The summed E-state index contributed by atoms with van der Waals surface area (Å²) in [5.41, 5.74) is 8.46. The number of hydrogen-bond acceptors (Lipinski definition) is 3. The van der Waals surface area contributed by atoms with Crippen molar-refractivity contribution in [3.05, 3.63) is 93.8 Å². The van der Waals surface area contributed by atoms with Gasteiger partial charge in [0.15, 0.2) is 0 Å². The molecule has 1 aromatic heterocycles. The molecule has 0 unspecified atom stereocenters. The van der Waals surface area contributed by atoms with E-state index in [1.165, 1.54) is 27.8 Å². The standard InChI is InChI=1S/C28H30N4/c1-31-15-17-32(18-16-31)21-24-7-5-22(6-8-24)10-13-27-20-28(30-29-27)14-11-23-9-12-25-3-2-4-26(25)19-23/h2-3,5-14,19-20H,4,15-18,21H2,1H3,(H,29,30)/b13-10+,14-11+. The van der Waals surface area contributed by atoms with Crippen LogP contribution in [0.1, 0.15) is 39.2 Å². The Morgan fingerprint density at radius 1 is 0.875 bits per heavy atom. The number of rotatable bonds is 6. The number of nitrogens with zero attached hydrogens (tertiary/aromatic N) is 3. The first-order chi connectivity index (χ1) is 15.7. The lowest BCUT2D eigenvalue weighted by molar-refractivity contribution is 0.148. The normalized spacial score (nSPS) is 17.0. The number of H-pyrrole nitrogens is 1. The maximum atomic E-state index is 4.42. The van der Waals surface area contributed by atoms with Crippen molar-refractivity contribution >= 4 is 30.4 Å². The van der Waals surface area contributed by atoms with E-state index in [9.17, 15) is 0 Å². The summed E-state index contributed by atoms with van der Waals surface area (Å²) in [6.45, 7) is 5.66. The van der Waals surface area contributed by atoms with Crippen LogP contribution in [0.25, 0.3) is 30.4 Å². The van der Waals surface area contributed by atoms with Crippen molar-refractivity contribution in [3.8, 4) is 0 Å². The van der Waals surface area contributed by atoms with Crippen molar-refractivity contribution in [2.24, 2.45) is 0 Å². The van der Waals surface area contributed by atoms with Crippen LogP contribution >= 0.6 is 0 Å². The van der Waals surface area contributed by atoms with Gasteiger partial charge in [-0.25, -0.2) is 0 Å². The van der Waals surface area contributed by atoms with Crippen LogP contribution in [0.4, 0.5) is 0 Å². The number of allylic oxidation sites excluding steroid dienone is 1. The number of fused-ring (bicyclic) bond motifs is 1. The minimum Gasteiger partial charge on any atom is -0.304 e. The Hall–Kier alpha value is -3.21. The van der Waals surface area contributed by atoms with Gasteiger partial charge in [0, 0.05) is 32.7 Å². The maximum absolute atomic E-state index is 4.42. The minimum absolute atomic E-state index is 0.936. The van der Waals surface area contributed by atoms with Gasteiger partial charge in [0.1, 0.15) is 0 Å². The molecule has 0 saturated carbocycles. The van der Waals surface area contributed by atoms with Gasteiger partial charge in [-0.15, -0.1) is 0 Å². The van der Waals surface area contributed by atoms with Crippen LogP contribution in [-0.2, 0) is 13.0 Å². The number of nitrogens with one attached hydrogen (secondary N) is 1. The Kier molecular flexibility index (Phi) is 6.15. The highest BCUT2D eigenvalue weighted by atomic mass is 15.2. The highest BCUT2D eigenvalue weighted by Gasteiger charge is 2.13. The van der Waals surface area contributed by atoms with Gasteiger partial charge in [-0.2, -0.15) is 5.10 Å². The zero-order valence-corrected chi connectivity index (χ0v) is 18.7. The predicted octanol–water partition coefficient (Wildman–Crippen LogP) is 5.07. The fraction of sp³-hybridized carbons (Fsp3) is 0.250. The van der Waals surface area contributed by atoms with E-state index in [1.807, 2.05) is 0 Å². The average Bonchev–Trinajstić information content (AvgIpc) is 3.48. The second kappa shape index (κ2) is 9.51. The Morgan fingerprint density at radius 2 is 1.66 bits per heavy atom. The maximum Gasteiger partial charge on any atom is 0.0854 e.